The highest BCUT2D eigenvalue weighted by molar-refractivity contribution is 6.32. The Morgan fingerprint density at radius 2 is 1.40 bits per heavy atom. The summed E-state index contributed by atoms with van der Waals surface area (Å²) < 4.78 is 36.6. The largest absolute Gasteiger partial charge is 0.207 e. The van der Waals surface area contributed by atoms with Gasteiger partial charge in [0.2, 0.25) is 0 Å². The summed E-state index contributed by atoms with van der Waals surface area (Å²) >= 11 is 0. The summed E-state index contributed by atoms with van der Waals surface area (Å²) in [6.45, 7) is 0. The van der Waals surface area contributed by atoms with E-state index < -0.39 is 17.5 Å². The SMILES string of the molecule is Fc1cc(F)c([Si])cc1F. The number of hydrogen-bond acceptors (Lipinski definition) is 0. The van der Waals surface area contributed by atoms with Crippen molar-refractivity contribution in [2.24, 2.45) is 0 Å². The molecule has 10 heavy (non-hydrogen) atoms. The molecule has 0 heterocycles. The van der Waals surface area contributed by atoms with E-state index in [-0.39, 0.29) is 5.19 Å². The Bertz CT molecular complexity index is 209. The minimum absolute atomic E-state index is 0.0844. The van der Waals surface area contributed by atoms with Gasteiger partial charge in [0, 0.05) is 6.07 Å². The van der Waals surface area contributed by atoms with Crippen LogP contribution in [0, 0.1) is 17.5 Å². The van der Waals surface area contributed by atoms with Crippen LogP contribution in [0.25, 0.3) is 0 Å². The number of halogens is 3. The van der Waals surface area contributed by atoms with Gasteiger partial charge in [0.25, 0.3) is 0 Å². The molecule has 51 valence electrons. The Balaban J connectivity index is 3.28. The van der Waals surface area contributed by atoms with E-state index in [0.29, 0.717) is 6.07 Å². The molecule has 0 saturated carbocycles. The van der Waals surface area contributed by atoms with E-state index in [2.05, 4.69) is 10.2 Å². The molecule has 1 rings (SSSR count). The van der Waals surface area contributed by atoms with Crippen molar-refractivity contribution in [2.75, 3.05) is 0 Å². The van der Waals surface area contributed by atoms with Crippen LogP contribution >= 0.6 is 0 Å². The third-order valence-electron chi connectivity index (χ3n) is 1.01. The Morgan fingerprint density at radius 1 is 0.900 bits per heavy atom. The predicted molar refractivity (Wildman–Crippen MR) is 31.7 cm³/mol. The van der Waals surface area contributed by atoms with Crippen LogP contribution in [0.5, 0.6) is 0 Å². The molecule has 0 fully saturated rings. The van der Waals surface area contributed by atoms with Gasteiger partial charge in [-0.25, -0.2) is 13.2 Å². The van der Waals surface area contributed by atoms with Crippen LogP contribution in [0.1, 0.15) is 0 Å². The molecule has 0 saturated heterocycles. The van der Waals surface area contributed by atoms with Crippen molar-refractivity contribution < 1.29 is 13.2 Å². The zero-order valence-electron chi connectivity index (χ0n) is 4.79. The van der Waals surface area contributed by atoms with E-state index in [0.717, 1.165) is 6.07 Å². The molecule has 0 nitrogen and oxygen atoms in total. The van der Waals surface area contributed by atoms with E-state index in [1.54, 1.807) is 0 Å². The first-order valence-electron chi connectivity index (χ1n) is 2.47. The average molecular weight is 159 g/mol. The van der Waals surface area contributed by atoms with Crippen molar-refractivity contribution in [2.45, 2.75) is 0 Å². The lowest BCUT2D eigenvalue weighted by atomic mass is 10.3. The van der Waals surface area contributed by atoms with Crippen molar-refractivity contribution in [3.05, 3.63) is 29.6 Å². The third-order valence-corrected chi connectivity index (χ3v) is 1.39. The quantitative estimate of drug-likeness (QED) is 0.389. The summed E-state index contributed by atoms with van der Waals surface area (Å²) in [7, 11) is 2.75. The topological polar surface area (TPSA) is 0 Å². The van der Waals surface area contributed by atoms with Gasteiger partial charge < -0.3 is 0 Å². The van der Waals surface area contributed by atoms with Gasteiger partial charge in [-0.15, -0.1) is 0 Å². The van der Waals surface area contributed by atoms with Crippen molar-refractivity contribution in [3.63, 3.8) is 0 Å². The van der Waals surface area contributed by atoms with E-state index >= 15 is 0 Å². The minimum Gasteiger partial charge on any atom is -0.207 e. The fraction of sp³-hybridized carbons (Fsp3) is 0. The molecular formula is C6H2F3Si. The molecule has 0 atom stereocenters. The van der Waals surface area contributed by atoms with Gasteiger partial charge in [-0.2, -0.15) is 0 Å². The maximum absolute atomic E-state index is 12.3. The fourth-order valence-electron chi connectivity index (χ4n) is 0.523. The van der Waals surface area contributed by atoms with Gasteiger partial charge in [0.05, 0.1) is 10.2 Å². The van der Waals surface area contributed by atoms with Crippen LogP contribution in [-0.4, -0.2) is 10.2 Å². The summed E-state index contributed by atoms with van der Waals surface area (Å²) in [5.41, 5.74) is 0. The second kappa shape index (κ2) is 2.46. The van der Waals surface area contributed by atoms with Gasteiger partial charge in [0.1, 0.15) is 5.82 Å². The summed E-state index contributed by atoms with van der Waals surface area (Å²) in [6.07, 6.45) is 0. The summed E-state index contributed by atoms with van der Waals surface area (Å²) in [6, 6.07) is 1.22. The maximum atomic E-state index is 12.3. The Kier molecular flexibility index (Phi) is 1.80. The standard InChI is InChI=1S/C6H2F3Si/c7-3-1-5(9)6(10)2-4(3)8/h1-2H. The number of rotatable bonds is 0. The molecule has 0 aliphatic rings. The molecule has 0 N–H and O–H groups in total. The van der Waals surface area contributed by atoms with Crippen molar-refractivity contribution in [3.8, 4) is 0 Å². The zero-order chi connectivity index (χ0) is 7.72. The first kappa shape index (κ1) is 7.34. The smallest absolute Gasteiger partial charge is 0.161 e. The van der Waals surface area contributed by atoms with Gasteiger partial charge in [-0.3, -0.25) is 0 Å². The molecule has 0 amide bonds. The van der Waals surface area contributed by atoms with Crippen LogP contribution in [0.3, 0.4) is 0 Å². The molecule has 0 aliphatic heterocycles. The molecule has 0 spiro atoms. The highest BCUT2D eigenvalue weighted by atomic mass is 28.1. The molecule has 0 unspecified atom stereocenters. The highest BCUT2D eigenvalue weighted by Gasteiger charge is 2.04. The minimum atomic E-state index is -1.18. The monoisotopic (exact) mass is 159 g/mol. The highest BCUT2D eigenvalue weighted by Crippen LogP contribution is 2.03. The predicted octanol–water partition coefficient (Wildman–Crippen LogP) is 0.898. The first-order valence-corrected chi connectivity index (χ1v) is 2.97. The molecule has 3 radical (unpaired) electrons. The first-order chi connectivity index (χ1) is 4.61. The molecule has 0 aromatic heterocycles. The molecular weight excluding hydrogens is 157 g/mol. The fourth-order valence-corrected chi connectivity index (χ4v) is 0.721. The average Bonchev–Trinajstić information content (AvgIpc) is 1.84. The molecule has 1 aromatic rings. The summed E-state index contributed by atoms with van der Waals surface area (Å²) in [5, 5.41) is -0.0844. The van der Waals surface area contributed by atoms with Crippen molar-refractivity contribution in [1.29, 1.82) is 0 Å². The van der Waals surface area contributed by atoms with Crippen molar-refractivity contribution >= 4 is 15.4 Å². The summed E-state index contributed by atoms with van der Waals surface area (Å²) in [5.74, 6) is -3.05. The van der Waals surface area contributed by atoms with Crippen LogP contribution in [0.4, 0.5) is 13.2 Å². The molecule has 0 bridgehead atoms. The van der Waals surface area contributed by atoms with Crippen LogP contribution in [0.15, 0.2) is 12.1 Å². The summed E-state index contributed by atoms with van der Waals surface area (Å²) in [4.78, 5) is 0. The Hall–Kier alpha value is -0.773. The van der Waals surface area contributed by atoms with Crippen LogP contribution in [-0.2, 0) is 0 Å². The maximum Gasteiger partial charge on any atom is 0.161 e. The van der Waals surface area contributed by atoms with Gasteiger partial charge in [0.15, 0.2) is 11.6 Å². The third kappa shape index (κ3) is 1.21. The number of hydrogen-bond donors (Lipinski definition) is 0. The normalized spacial score (nSPS) is 10.0. The van der Waals surface area contributed by atoms with Crippen LogP contribution < -0.4 is 5.19 Å². The van der Waals surface area contributed by atoms with Gasteiger partial charge in [-0.1, -0.05) is 0 Å². The zero-order valence-corrected chi connectivity index (χ0v) is 5.79. The van der Waals surface area contributed by atoms with E-state index in [1.165, 1.54) is 0 Å². The van der Waals surface area contributed by atoms with Gasteiger partial charge in [-0.05, 0) is 11.3 Å². The number of benzene rings is 1. The molecule has 4 heteroatoms. The van der Waals surface area contributed by atoms with E-state index in [4.69, 9.17) is 0 Å². The lowest BCUT2D eigenvalue weighted by Crippen LogP contribution is -2.10. The molecule has 1 aromatic carbocycles. The van der Waals surface area contributed by atoms with E-state index in [9.17, 15) is 13.2 Å². The van der Waals surface area contributed by atoms with E-state index in [1.807, 2.05) is 0 Å². The lowest BCUT2D eigenvalue weighted by Gasteiger charge is -1.95. The van der Waals surface area contributed by atoms with Gasteiger partial charge >= 0.3 is 0 Å². The van der Waals surface area contributed by atoms with Crippen LogP contribution in [0.2, 0.25) is 0 Å². The second-order valence-electron chi connectivity index (χ2n) is 1.75. The second-order valence-corrected chi connectivity index (χ2v) is 2.28. The molecule has 0 aliphatic carbocycles. The lowest BCUT2D eigenvalue weighted by molar-refractivity contribution is 0.497. The Labute approximate surface area is 59.1 Å². The van der Waals surface area contributed by atoms with Crippen molar-refractivity contribution in [1.82, 2.24) is 0 Å². The Morgan fingerprint density at radius 3 is 1.90 bits per heavy atom.